The summed E-state index contributed by atoms with van der Waals surface area (Å²) >= 11 is 1.31. The minimum atomic E-state index is -3.54. The van der Waals surface area contributed by atoms with Crippen molar-refractivity contribution >= 4 is 50.1 Å². The Bertz CT molecular complexity index is 1470. The second-order valence-electron chi connectivity index (χ2n) is 9.67. The Balaban J connectivity index is 1.41. The summed E-state index contributed by atoms with van der Waals surface area (Å²) in [7, 11) is -3.54. The van der Waals surface area contributed by atoms with Gasteiger partial charge in [0.25, 0.3) is 0 Å². The van der Waals surface area contributed by atoms with Crippen LogP contribution in [-0.2, 0) is 25.0 Å². The van der Waals surface area contributed by atoms with Crippen LogP contribution < -0.4 is 10.6 Å². The van der Waals surface area contributed by atoms with E-state index in [4.69, 9.17) is 0 Å². The van der Waals surface area contributed by atoms with E-state index < -0.39 is 15.4 Å². The summed E-state index contributed by atoms with van der Waals surface area (Å²) in [6.07, 6.45) is 4.52. The smallest absolute Gasteiger partial charge is 0.250 e. The fraction of sp³-hybridized carbons (Fsp3) is 0.321. The Morgan fingerprint density at radius 1 is 1.11 bits per heavy atom. The Morgan fingerprint density at radius 2 is 1.79 bits per heavy atom. The highest BCUT2D eigenvalue weighted by Gasteiger charge is 2.38. The molecule has 1 aliphatic heterocycles. The normalized spacial score (nSPS) is 14.6. The zero-order valence-electron chi connectivity index (χ0n) is 21.9. The van der Waals surface area contributed by atoms with Gasteiger partial charge >= 0.3 is 0 Å². The number of amides is 2. The van der Waals surface area contributed by atoms with E-state index in [1.165, 1.54) is 21.7 Å². The van der Waals surface area contributed by atoms with Crippen LogP contribution in [0.1, 0.15) is 51.7 Å². The van der Waals surface area contributed by atoms with Gasteiger partial charge in [0.1, 0.15) is 0 Å². The molecule has 10 heteroatoms. The lowest BCUT2D eigenvalue weighted by molar-refractivity contribution is -0.119. The molecule has 0 atom stereocenters. The zero-order valence-corrected chi connectivity index (χ0v) is 23.6. The monoisotopic (exact) mass is 552 g/mol. The third-order valence-corrected chi connectivity index (χ3v) is 9.10. The van der Waals surface area contributed by atoms with Gasteiger partial charge in [0.15, 0.2) is 5.13 Å². The molecule has 2 aromatic carbocycles. The molecule has 8 nitrogen and oxygen atoms in total. The van der Waals surface area contributed by atoms with E-state index >= 15 is 0 Å². The summed E-state index contributed by atoms with van der Waals surface area (Å²) in [5.74, 6) is -0.376. The summed E-state index contributed by atoms with van der Waals surface area (Å²) in [5.41, 5.74) is 3.40. The summed E-state index contributed by atoms with van der Waals surface area (Å²) in [6, 6.07) is 12.2. The standard InChI is InChI=1S/C28H32N4O4S2/c1-5-15-32(16-6-2)38(35,36)21-11-7-19(8-12-21)9-14-25(33)31-27-30-24(18-37-27)20-10-13-23-22(17-20)28(3,4)26(34)29-23/h7-14,17-18H,5-6,15-16H2,1-4H3,(H,29,34)(H,30,31,33)/b14-9+. The van der Waals surface area contributed by atoms with Crippen molar-refractivity contribution in [2.45, 2.75) is 50.8 Å². The summed E-state index contributed by atoms with van der Waals surface area (Å²) in [4.78, 5) is 29.5. The Morgan fingerprint density at radius 3 is 2.45 bits per heavy atom. The first-order valence-electron chi connectivity index (χ1n) is 12.6. The number of nitrogens with one attached hydrogen (secondary N) is 2. The van der Waals surface area contributed by atoms with Gasteiger partial charge in [-0.05, 0) is 68.2 Å². The molecule has 2 N–H and O–H groups in total. The lowest BCUT2D eigenvalue weighted by Gasteiger charge is -2.21. The topological polar surface area (TPSA) is 108 Å². The number of carbonyl (C=O) groups is 2. The molecule has 0 fully saturated rings. The average molecular weight is 553 g/mol. The van der Waals surface area contributed by atoms with Crippen molar-refractivity contribution in [1.29, 1.82) is 0 Å². The van der Waals surface area contributed by atoms with Crippen molar-refractivity contribution in [3.8, 4) is 11.3 Å². The number of sulfonamides is 1. The van der Waals surface area contributed by atoms with E-state index in [1.807, 2.05) is 51.3 Å². The lowest BCUT2D eigenvalue weighted by Crippen LogP contribution is -2.32. The minimum absolute atomic E-state index is 0.0334. The molecule has 38 heavy (non-hydrogen) atoms. The molecule has 1 aromatic heterocycles. The average Bonchev–Trinajstić information content (AvgIpc) is 3.44. The first kappa shape index (κ1) is 27.7. The lowest BCUT2D eigenvalue weighted by atomic mass is 9.85. The Kier molecular flexibility index (Phi) is 8.15. The molecule has 0 aliphatic carbocycles. The van der Waals surface area contributed by atoms with E-state index in [1.54, 1.807) is 30.3 Å². The number of aromatic nitrogens is 1. The van der Waals surface area contributed by atoms with Gasteiger partial charge in [-0.15, -0.1) is 11.3 Å². The van der Waals surface area contributed by atoms with Crippen LogP contribution in [0.3, 0.4) is 0 Å². The van der Waals surface area contributed by atoms with E-state index in [-0.39, 0.29) is 16.7 Å². The molecular formula is C28H32N4O4S2. The molecular weight excluding hydrogens is 520 g/mol. The molecule has 0 saturated carbocycles. The largest absolute Gasteiger partial charge is 0.325 e. The molecule has 0 bridgehead atoms. The van der Waals surface area contributed by atoms with Crippen LogP contribution in [0.15, 0.2) is 58.8 Å². The fourth-order valence-electron chi connectivity index (χ4n) is 4.26. The van der Waals surface area contributed by atoms with E-state index in [0.717, 1.165) is 29.7 Å². The highest BCUT2D eigenvalue weighted by Crippen LogP contribution is 2.39. The van der Waals surface area contributed by atoms with Crippen LogP contribution in [0.4, 0.5) is 10.8 Å². The molecule has 200 valence electrons. The summed E-state index contributed by atoms with van der Waals surface area (Å²) < 4.78 is 27.3. The van der Waals surface area contributed by atoms with Crippen molar-refractivity contribution in [3.63, 3.8) is 0 Å². The van der Waals surface area contributed by atoms with Crippen LogP contribution in [-0.4, -0.2) is 42.6 Å². The molecule has 2 heterocycles. The molecule has 0 spiro atoms. The van der Waals surface area contributed by atoms with Gasteiger partial charge in [-0.1, -0.05) is 32.0 Å². The first-order valence-corrected chi connectivity index (χ1v) is 14.9. The van der Waals surface area contributed by atoms with Crippen LogP contribution in [0, 0.1) is 0 Å². The number of thiazole rings is 1. The summed E-state index contributed by atoms with van der Waals surface area (Å²) in [5, 5.41) is 7.98. The van der Waals surface area contributed by atoms with E-state index in [0.29, 0.717) is 29.5 Å². The van der Waals surface area contributed by atoms with Crippen molar-refractivity contribution in [3.05, 3.63) is 65.0 Å². The molecule has 4 rings (SSSR count). The summed E-state index contributed by atoms with van der Waals surface area (Å²) in [6.45, 7) is 8.65. The van der Waals surface area contributed by atoms with Gasteiger partial charge in [0.05, 0.1) is 16.0 Å². The third-order valence-electron chi connectivity index (χ3n) is 6.43. The molecule has 2 amide bonds. The predicted octanol–water partition coefficient (Wildman–Crippen LogP) is 5.50. The van der Waals surface area contributed by atoms with Gasteiger partial charge in [0.2, 0.25) is 21.8 Å². The maximum atomic E-state index is 12.9. The van der Waals surface area contributed by atoms with Gasteiger partial charge in [-0.3, -0.25) is 14.9 Å². The van der Waals surface area contributed by atoms with Crippen LogP contribution in [0.25, 0.3) is 17.3 Å². The number of nitrogens with zero attached hydrogens (tertiary/aromatic N) is 2. The molecule has 0 unspecified atom stereocenters. The van der Waals surface area contributed by atoms with E-state index in [9.17, 15) is 18.0 Å². The Labute approximate surface area is 227 Å². The fourth-order valence-corrected chi connectivity index (χ4v) is 6.61. The maximum Gasteiger partial charge on any atom is 0.250 e. The molecule has 0 radical (unpaired) electrons. The van der Waals surface area contributed by atoms with Crippen LogP contribution >= 0.6 is 11.3 Å². The SMILES string of the molecule is CCCN(CCC)S(=O)(=O)c1ccc(/C=C/C(=O)Nc2nc(-c3ccc4c(c3)C(C)(C)C(=O)N4)cs2)cc1. The van der Waals surface area contributed by atoms with Gasteiger partial charge in [-0.25, -0.2) is 13.4 Å². The van der Waals surface area contributed by atoms with Crippen molar-refractivity contribution in [2.24, 2.45) is 0 Å². The number of hydrogen-bond acceptors (Lipinski definition) is 6. The van der Waals surface area contributed by atoms with Crippen molar-refractivity contribution in [1.82, 2.24) is 9.29 Å². The molecule has 1 aliphatic rings. The zero-order chi connectivity index (χ0) is 27.5. The number of benzene rings is 2. The Hall–Kier alpha value is -3.34. The number of fused-ring (bicyclic) bond motifs is 1. The van der Waals surface area contributed by atoms with Crippen molar-refractivity contribution in [2.75, 3.05) is 23.7 Å². The second-order valence-corrected chi connectivity index (χ2v) is 12.5. The number of hydrogen-bond donors (Lipinski definition) is 2. The number of rotatable bonds is 10. The highest BCUT2D eigenvalue weighted by atomic mass is 32.2. The second kappa shape index (κ2) is 11.2. The highest BCUT2D eigenvalue weighted by molar-refractivity contribution is 7.89. The first-order chi connectivity index (χ1) is 18.1. The third kappa shape index (κ3) is 5.72. The van der Waals surface area contributed by atoms with Gasteiger partial charge in [-0.2, -0.15) is 4.31 Å². The predicted molar refractivity (Wildman–Crippen MR) is 153 cm³/mol. The number of anilines is 2. The number of carbonyl (C=O) groups excluding carboxylic acids is 2. The van der Waals surface area contributed by atoms with Gasteiger partial charge < -0.3 is 5.32 Å². The van der Waals surface area contributed by atoms with Crippen LogP contribution in [0.5, 0.6) is 0 Å². The quantitative estimate of drug-likeness (QED) is 0.323. The van der Waals surface area contributed by atoms with E-state index in [2.05, 4.69) is 15.6 Å². The van der Waals surface area contributed by atoms with Gasteiger partial charge in [0, 0.05) is 35.8 Å². The molecule has 3 aromatic rings. The minimum Gasteiger partial charge on any atom is -0.325 e. The van der Waals surface area contributed by atoms with Crippen LogP contribution in [0.2, 0.25) is 0 Å². The maximum absolute atomic E-state index is 12.9. The van der Waals surface area contributed by atoms with Crippen molar-refractivity contribution < 1.29 is 18.0 Å². The molecule has 0 saturated heterocycles.